The van der Waals surface area contributed by atoms with E-state index in [1.54, 1.807) is 4.90 Å². The zero-order chi connectivity index (χ0) is 12.4. The van der Waals surface area contributed by atoms with Gasteiger partial charge >= 0.3 is 0 Å². The molecule has 6 heteroatoms. The molecule has 96 valence electrons. The minimum absolute atomic E-state index is 0.00140. The van der Waals surface area contributed by atoms with Crippen LogP contribution in [0.1, 0.15) is 19.3 Å². The van der Waals surface area contributed by atoms with E-state index in [9.17, 15) is 9.59 Å². The summed E-state index contributed by atoms with van der Waals surface area (Å²) >= 11 is 0. The van der Waals surface area contributed by atoms with Crippen molar-refractivity contribution in [1.82, 2.24) is 4.90 Å². The Kier molecular flexibility index (Phi) is 3.63. The fraction of sp³-hybridized carbons (Fsp3) is 0.818. The van der Waals surface area contributed by atoms with Crippen molar-refractivity contribution in [3.05, 3.63) is 0 Å². The van der Waals surface area contributed by atoms with Crippen molar-refractivity contribution >= 4 is 11.8 Å². The highest BCUT2D eigenvalue weighted by molar-refractivity contribution is 5.83. The van der Waals surface area contributed by atoms with Gasteiger partial charge in [0.25, 0.3) is 5.91 Å². The molecule has 0 aliphatic carbocycles. The summed E-state index contributed by atoms with van der Waals surface area (Å²) in [6.07, 6.45) is 1.83. The van der Waals surface area contributed by atoms with Gasteiger partial charge in [0.05, 0.1) is 12.0 Å². The summed E-state index contributed by atoms with van der Waals surface area (Å²) in [6.45, 7) is 1.48. The van der Waals surface area contributed by atoms with Crippen molar-refractivity contribution in [3.63, 3.8) is 0 Å². The second-order valence-electron chi connectivity index (χ2n) is 4.73. The zero-order valence-corrected chi connectivity index (χ0v) is 9.80. The van der Waals surface area contributed by atoms with E-state index >= 15 is 0 Å². The van der Waals surface area contributed by atoms with Crippen molar-refractivity contribution in [1.29, 1.82) is 0 Å². The van der Waals surface area contributed by atoms with Crippen LogP contribution in [-0.4, -0.2) is 48.6 Å². The molecule has 0 saturated carbocycles. The van der Waals surface area contributed by atoms with Gasteiger partial charge in [-0.05, 0) is 19.3 Å². The first kappa shape index (κ1) is 12.3. The number of ether oxygens (including phenoxy) is 1. The molecular weight excluding hydrogens is 222 g/mol. The maximum absolute atomic E-state index is 12.1. The monoisotopic (exact) mass is 241 g/mol. The third kappa shape index (κ3) is 2.58. The number of primary amides is 1. The second-order valence-corrected chi connectivity index (χ2v) is 4.73. The van der Waals surface area contributed by atoms with E-state index in [-0.39, 0.29) is 29.9 Å². The lowest BCUT2D eigenvalue weighted by atomic mass is 10.1. The molecule has 0 aromatic carbocycles. The van der Waals surface area contributed by atoms with Crippen LogP contribution in [0.2, 0.25) is 0 Å². The highest BCUT2D eigenvalue weighted by Gasteiger charge is 2.37. The van der Waals surface area contributed by atoms with Gasteiger partial charge in [-0.15, -0.1) is 0 Å². The largest absolute Gasteiger partial charge is 0.369 e. The van der Waals surface area contributed by atoms with E-state index in [1.807, 2.05) is 0 Å². The number of carbonyl (C=O) groups is 2. The van der Waals surface area contributed by atoms with Gasteiger partial charge in [0.1, 0.15) is 6.10 Å². The molecule has 0 spiro atoms. The van der Waals surface area contributed by atoms with Gasteiger partial charge in [-0.2, -0.15) is 0 Å². The van der Waals surface area contributed by atoms with E-state index < -0.39 is 0 Å². The number of likely N-dealkylation sites (tertiary alicyclic amines) is 1. The Labute approximate surface area is 100 Å². The van der Waals surface area contributed by atoms with Crippen LogP contribution in [0.15, 0.2) is 0 Å². The van der Waals surface area contributed by atoms with Crippen molar-refractivity contribution in [2.75, 3.05) is 19.6 Å². The number of carbonyl (C=O) groups excluding carboxylic acids is 2. The molecule has 2 fully saturated rings. The van der Waals surface area contributed by atoms with Crippen LogP contribution in [0.3, 0.4) is 0 Å². The lowest BCUT2D eigenvalue weighted by Crippen LogP contribution is -2.39. The number of nitrogens with two attached hydrogens (primary N) is 2. The number of nitrogens with zero attached hydrogens (tertiary/aromatic N) is 1. The average molecular weight is 241 g/mol. The Bertz CT molecular complexity index is 321. The Morgan fingerprint density at radius 1 is 1.29 bits per heavy atom. The first-order chi connectivity index (χ1) is 8.11. The Balaban J connectivity index is 1.87. The predicted molar refractivity (Wildman–Crippen MR) is 60.8 cm³/mol. The van der Waals surface area contributed by atoms with Crippen LogP contribution in [0.4, 0.5) is 0 Å². The van der Waals surface area contributed by atoms with Crippen molar-refractivity contribution in [2.45, 2.75) is 31.5 Å². The van der Waals surface area contributed by atoms with Gasteiger partial charge < -0.3 is 21.1 Å². The van der Waals surface area contributed by atoms with E-state index in [0.29, 0.717) is 26.1 Å². The summed E-state index contributed by atoms with van der Waals surface area (Å²) in [5, 5.41) is 0. The fourth-order valence-electron chi connectivity index (χ4n) is 2.46. The van der Waals surface area contributed by atoms with Crippen LogP contribution < -0.4 is 11.5 Å². The first-order valence-corrected chi connectivity index (χ1v) is 6.05. The smallest absolute Gasteiger partial charge is 0.251 e. The lowest BCUT2D eigenvalue weighted by Gasteiger charge is -2.20. The first-order valence-electron chi connectivity index (χ1n) is 6.05. The molecule has 2 aliphatic heterocycles. The van der Waals surface area contributed by atoms with Crippen molar-refractivity contribution in [2.24, 2.45) is 17.4 Å². The molecule has 0 aromatic heterocycles. The van der Waals surface area contributed by atoms with Gasteiger partial charge in [-0.1, -0.05) is 0 Å². The summed E-state index contributed by atoms with van der Waals surface area (Å²) in [7, 11) is 0. The standard InChI is InChI=1S/C11H19N3O3/c12-5-8-1-2-9(17-8)11(16)14-4-3-7(6-14)10(13)15/h7-9H,1-6,12H2,(H2,13,15). The summed E-state index contributed by atoms with van der Waals surface area (Å²) in [5.41, 5.74) is 10.7. The van der Waals surface area contributed by atoms with Crippen molar-refractivity contribution in [3.8, 4) is 0 Å². The Morgan fingerprint density at radius 3 is 2.59 bits per heavy atom. The minimum atomic E-state index is -0.379. The van der Waals surface area contributed by atoms with Gasteiger partial charge in [-0.3, -0.25) is 9.59 Å². The van der Waals surface area contributed by atoms with E-state index in [4.69, 9.17) is 16.2 Å². The molecule has 2 saturated heterocycles. The van der Waals surface area contributed by atoms with E-state index in [1.165, 1.54) is 0 Å². The number of rotatable bonds is 3. The highest BCUT2D eigenvalue weighted by Crippen LogP contribution is 2.24. The Morgan fingerprint density at radius 2 is 2.06 bits per heavy atom. The molecule has 2 aliphatic rings. The molecular formula is C11H19N3O3. The summed E-state index contributed by atoms with van der Waals surface area (Å²) < 4.78 is 5.55. The average Bonchev–Trinajstić information content (AvgIpc) is 2.97. The maximum atomic E-state index is 12.1. The lowest BCUT2D eigenvalue weighted by molar-refractivity contribution is -0.141. The molecule has 17 heavy (non-hydrogen) atoms. The summed E-state index contributed by atoms with van der Waals surface area (Å²) in [4.78, 5) is 24.8. The molecule has 2 heterocycles. The van der Waals surface area contributed by atoms with E-state index in [2.05, 4.69) is 0 Å². The third-order valence-corrected chi connectivity index (χ3v) is 3.55. The molecule has 0 aromatic rings. The summed E-state index contributed by atoms with van der Waals surface area (Å²) in [5.74, 6) is -0.553. The SMILES string of the molecule is NCC1CCC(C(=O)N2CCC(C(N)=O)C2)O1. The second kappa shape index (κ2) is 5.01. The highest BCUT2D eigenvalue weighted by atomic mass is 16.5. The fourth-order valence-corrected chi connectivity index (χ4v) is 2.46. The van der Waals surface area contributed by atoms with Gasteiger partial charge in [0.2, 0.25) is 5.91 Å². The molecule has 2 rings (SSSR count). The Hall–Kier alpha value is -1.14. The molecule has 3 atom stereocenters. The molecule has 6 nitrogen and oxygen atoms in total. The molecule has 0 bridgehead atoms. The summed E-state index contributed by atoms with van der Waals surface area (Å²) in [6, 6.07) is 0. The molecule has 4 N–H and O–H groups in total. The number of amides is 2. The maximum Gasteiger partial charge on any atom is 0.251 e. The number of hydrogen-bond acceptors (Lipinski definition) is 4. The van der Waals surface area contributed by atoms with E-state index in [0.717, 1.165) is 12.8 Å². The van der Waals surface area contributed by atoms with Crippen LogP contribution in [0.5, 0.6) is 0 Å². The van der Waals surface area contributed by atoms with Gasteiger partial charge in [0.15, 0.2) is 0 Å². The zero-order valence-electron chi connectivity index (χ0n) is 9.80. The van der Waals surface area contributed by atoms with Crippen LogP contribution >= 0.6 is 0 Å². The van der Waals surface area contributed by atoms with Crippen LogP contribution in [0, 0.1) is 5.92 Å². The van der Waals surface area contributed by atoms with Gasteiger partial charge in [-0.25, -0.2) is 0 Å². The number of hydrogen-bond donors (Lipinski definition) is 2. The molecule has 0 radical (unpaired) electrons. The van der Waals surface area contributed by atoms with Gasteiger partial charge in [0, 0.05) is 19.6 Å². The quantitative estimate of drug-likeness (QED) is 0.650. The van der Waals surface area contributed by atoms with Crippen molar-refractivity contribution < 1.29 is 14.3 Å². The normalized spacial score (nSPS) is 33.0. The van der Waals surface area contributed by atoms with Crippen LogP contribution in [0.25, 0.3) is 0 Å². The third-order valence-electron chi connectivity index (χ3n) is 3.55. The molecule has 2 amide bonds. The topological polar surface area (TPSA) is 98.7 Å². The minimum Gasteiger partial charge on any atom is -0.369 e. The predicted octanol–water partition coefficient (Wildman–Crippen LogP) is -1.17. The van der Waals surface area contributed by atoms with Crippen LogP contribution in [-0.2, 0) is 14.3 Å². The molecule has 3 unspecified atom stereocenters.